The standard InChI is InChI=1S/C22H23N3O3/c1-2-3-12-23-20(26)15-8-10-18(11-9-15)25-21(27)19-13-16-6-4-5-7-17(16)14-24(19)22(25)28/h4-11,19H,2-3,12-14H2,1H3,(H,23,26). The van der Waals surface area contributed by atoms with Crippen molar-refractivity contribution in [3.8, 4) is 0 Å². The monoisotopic (exact) mass is 377 g/mol. The quantitative estimate of drug-likeness (QED) is 0.643. The molecule has 4 rings (SSSR count). The van der Waals surface area contributed by atoms with Gasteiger partial charge in [0.05, 0.1) is 5.69 Å². The first-order chi connectivity index (χ1) is 13.6. The number of amides is 4. The fourth-order valence-corrected chi connectivity index (χ4v) is 3.80. The molecule has 1 N–H and O–H groups in total. The molecule has 2 aromatic carbocycles. The molecule has 4 amide bonds. The molecule has 0 saturated carbocycles. The largest absolute Gasteiger partial charge is 0.352 e. The highest BCUT2D eigenvalue weighted by molar-refractivity contribution is 6.21. The molecule has 28 heavy (non-hydrogen) atoms. The number of nitrogens with zero attached hydrogens (tertiary/aromatic N) is 2. The summed E-state index contributed by atoms with van der Waals surface area (Å²) in [5.74, 6) is -0.355. The van der Waals surface area contributed by atoms with Crippen molar-refractivity contribution in [3.05, 3.63) is 65.2 Å². The van der Waals surface area contributed by atoms with Crippen molar-refractivity contribution >= 4 is 23.5 Å². The van der Waals surface area contributed by atoms with E-state index in [0.717, 1.165) is 24.0 Å². The minimum atomic E-state index is -0.459. The van der Waals surface area contributed by atoms with E-state index in [9.17, 15) is 14.4 Å². The van der Waals surface area contributed by atoms with Gasteiger partial charge in [-0.2, -0.15) is 0 Å². The Kier molecular flexibility index (Phi) is 4.86. The molecule has 6 nitrogen and oxygen atoms in total. The maximum absolute atomic E-state index is 12.9. The molecule has 1 unspecified atom stereocenters. The zero-order valence-electron chi connectivity index (χ0n) is 15.9. The van der Waals surface area contributed by atoms with Gasteiger partial charge in [-0.25, -0.2) is 9.69 Å². The summed E-state index contributed by atoms with van der Waals surface area (Å²) < 4.78 is 0. The lowest BCUT2D eigenvalue weighted by Gasteiger charge is -2.28. The predicted molar refractivity (Wildman–Crippen MR) is 106 cm³/mol. The molecule has 2 heterocycles. The average Bonchev–Trinajstić information content (AvgIpc) is 2.96. The molecule has 1 saturated heterocycles. The van der Waals surface area contributed by atoms with E-state index in [2.05, 4.69) is 12.2 Å². The van der Waals surface area contributed by atoms with Crippen LogP contribution < -0.4 is 10.2 Å². The van der Waals surface area contributed by atoms with E-state index >= 15 is 0 Å². The van der Waals surface area contributed by atoms with Gasteiger partial charge in [-0.05, 0) is 41.8 Å². The van der Waals surface area contributed by atoms with Crippen LogP contribution in [0.1, 0.15) is 41.3 Å². The SMILES string of the molecule is CCCCNC(=O)c1ccc(N2C(=O)C3Cc4ccccc4CN3C2=O)cc1. The smallest absolute Gasteiger partial charge is 0.332 e. The van der Waals surface area contributed by atoms with E-state index in [0.29, 0.717) is 30.8 Å². The number of hydrogen-bond donors (Lipinski definition) is 1. The number of fused-ring (bicyclic) bond motifs is 2. The normalized spacial score (nSPS) is 18.1. The summed E-state index contributed by atoms with van der Waals surface area (Å²) >= 11 is 0. The van der Waals surface area contributed by atoms with Crippen molar-refractivity contribution in [1.29, 1.82) is 0 Å². The Morgan fingerprint density at radius 3 is 2.50 bits per heavy atom. The fraction of sp³-hybridized carbons (Fsp3) is 0.318. The van der Waals surface area contributed by atoms with Gasteiger partial charge < -0.3 is 10.2 Å². The van der Waals surface area contributed by atoms with Crippen LogP contribution in [0.15, 0.2) is 48.5 Å². The molecule has 1 fully saturated rings. The number of carbonyl (C=O) groups excluding carboxylic acids is 3. The number of unbranched alkanes of at least 4 members (excludes halogenated alkanes) is 1. The summed E-state index contributed by atoms with van der Waals surface area (Å²) in [6.07, 6.45) is 2.48. The number of urea groups is 1. The fourth-order valence-electron chi connectivity index (χ4n) is 3.80. The minimum Gasteiger partial charge on any atom is -0.352 e. The minimum absolute atomic E-state index is 0.146. The van der Waals surface area contributed by atoms with E-state index in [1.54, 1.807) is 29.2 Å². The van der Waals surface area contributed by atoms with Gasteiger partial charge in [0.15, 0.2) is 0 Å². The third-order valence-electron chi connectivity index (χ3n) is 5.39. The maximum atomic E-state index is 12.9. The van der Waals surface area contributed by atoms with Gasteiger partial charge in [0.2, 0.25) is 0 Å². The topological polar surface area (TPSA) is 69.7 Å². The Labute approximate surface area is 164 Å². The second-order valence-corrected chi connectivity index (χ2v) is 7.23. The van der Waals surface area contributed by atoms with Crippen LogP contribution in [-0.2, 0) is 17.8 Å². The molecule has 0 aliphatic carbocycles. The van der Waals surface area contributed by atoms with Gasteiger partial charge in [0.1, 0.15) is 6.04 Å². The van der Waals surface area contributed by atoms with Gasteiger partial charge in [-0.3, -0.25) is 9.59 Å². The number of nitrogens with one attached hydrogen (secondary N) is 1. The molecular formula is C22H23N3O3. The lowest BCUT2D eigenvalue weighted by Crippen LogP contribution is -2.39. The van der Waals surface area contributed by atoms with Crippen LogP contribution >= 0.6 is 0 Å². The Morgan fingerprint density at radius 1 is 1.07 bits per heavy atom. The summed E-state index contributed by atoms with van der Waals surface area (Å²) in [7, 11) is 0. The lowest BCUT2D eigenvalue weighted by atomic mass is 9.95. The number of benzene rings is 2. The third-order valence-corrected chi connectivity index (χ3v) is 5.39. The summed E-state index contributed by atoms with van der Waals surface area (Å²) in [6.45, 7) is 3.15. The summed E-state index contributed by atoms with van der Waals surface area (Å²) in [5.41, 5.74) is 3.22. The average molecular weight is 377 g/mol. The molecule has 0 bridgehead atoms. The van der Waals surface area contributed by atoms with Crippen LogP contribution in [0.3, 0.4) is 0 Å². The van der Waals surface area contributed by atoms with E-state index in [1.807, 2.05) is 24.3 Å². The first-order valence-corrected chi connectivity index (χ1v) is 9.69. The Balaban J connectivity index is 1.52. The maximum Gasteiger partial charge on any atom is 0.332 e. The molecular weight excluding hydrogens is 354 g/mol. The highest BCUT2D eigenvalue weighted by Gasteiger charge is 2.47. The highest BCUT2D eigenvalue weighted by atomic mass is 16.2. The van der Waals surface area contributed by atoms with Crippen LogP contribution in [0.4, 0.5) is 10.5 Å². The summed E-state index contributed by atoms with van der Waals surface area (Å²) in [5, 5.41) is 2.86. The second-order valence-electron chi connectivity index (χ2n) is 7.23. The zero-order chi connectivity index (χ0) is 19.7. The molecule has 2 aliphatic rings. The Bertz CT molecular complexity index is 880. The number of carbonyl (C=O) groups is 3. The highest BCUT2D eigenvalue weighted by Crippen LogP contribution is 2.32. The summed E-state index contributed by atoms with van der Waals surface area (Å²) in [6, 6.07) is 13.8. The zero-order valence-corrected chi connectivity index (χ0v) is 15.9. The van der Waals surface area contributed by atoms with Crippen molar-refractivity contribution in [2.75, 3.05) is 11.4 Å². The molecule has 0 aromatic heterocycles. The number of rotatable bonds is 5. The van der Waals surface area contributed by atoms with E-state index in [1.165, 1.54) is 4.90 Å². The Hall–Kier alpha value is -3.15. The van der Waals surface area contributed by atoms with Crippen LogP contribution in [0.2, 0.25) is 0 Å². The van der Waals surface area contributed by atoms with E-state index in [4.69, 9.17) is 0 Å². The van der Waals surface area contributed by atoms with Gasteiger partial charge in [0.25, 0.3) is 11.8 Å². The van der Waals surface area contributed by atoms with Crippen molar-refractivity contribution < 1.29 is 14.4 Å². The number of imide groups is 1. The first kappa shape index (κ1) is 18.2. The van der Waals surface area contributed by atoms with Crippen LogP contribution in [0, 0.1) is 0 Å². The van der Waals surface area contributed by atoms with Gasteiger partial charge in [-0.1, -0.05) is 37.6 Å². The predicted octanol–water partition coefficient (Wildman–Crippen LogP) is 3.11. The van der Waals surface area contributed by atoms with Crippen molar-refractivity contribution in [1.82, 2.24) is 10.2 Å². The molecule has 0 radical (unpaired) electrons. The van der Waals surface area contributed by atoms with Crippen molar-refractivity contribution in [2.24, 2.45) is 0 Å². The van der Waals surface area contributed by atoms with E-state index in [-0.39, 0.29) is 17.8 Å². The van der Waals surface area contributed by atoms with E-state index < -0.39 is 6.04 Å². The van der Waals surface area contributed by atoms with Gasteiger partial charge in [0, 0.05) is 25.1 Å². The molecule has 2 aromatic rings. The second kappa shape index (κ2) is 7.46. The number of hydrogen-bond acceptors (Lipinski definition) is 3. The van der Waals surface area contributed by atoms with Crippen molar-refractivity contribution in [3.63, 3.8) is 0 Å². The van der Waals surface area contributed by atoms with Crippen LogP contribution in [0.25, 0.3) is 0 Å². The van der Waals surface area contributed by atoms with Gasteiger partial charge >= 0.3 is 6.03 Å². The first-order valence-electron chi connectivity index (χ1n) is 9.69. The molecule has 6 heteroatoms. The molecule has 2 aliphatic heterocycles. The van der Waals surface area contributed by atoms with Crippen LogP contribution in [0.5, 0.6) is 0 Å². The summed E-state index contributed by atoms with van der Waals surface area (Å²) in [4.78, 5) is 40.9. The van der Waals surface area contributed by atoms with Gasteiger partial charge in [-0.15, -0.1) is 0 Å². The molecule has 0 spiro atoms. The van der Waals surface area contributed by atoms with Crippen molar-refractivity contribution in [2.45, 2.75) is 38.8 Å². The molecule has 1 atom stereocenters. The Morgan fingerprint density at radius 2 is 1.79 bits per heavy atom. The number of anilines is 1. The third kappa shape index (κ3) is 3.15. The van der Waals surface area contributed by atoms with Crippen LogP contribution in [-0.4, -0.2) is 35.3 Å². The lowest BCUT2D eigenvalue weighted by molar-refractivity contribution is -0.120. The molecule has 144 valence electrons.